The first-order valence-corrected chi connectivity index (χ1v) is 11.7. The largest absolute Gasteiger partial charge is 0.462 e. The predicted molar refractivity (Wildman–Crippen MR) is 124 cm³/mol. The number of nitrogens with zero attached hydrogens (tertiary/aromatic N) is 2. The summed E-state index contributed by atoms with van der Waals surface area (Å²) in [6.45, 7) is 7.11. The quantitative estimate of drug-likeness (QED) is 0.547. The number of rotatable bonds is 9. The fraction of sp³-hybridized carbons (Fsp3) is 0.455. The van der Waals surface area contributed by atoms with Crippen molar-refractivity contribution in [3.05, 3.63) is 42.1 Å². The van der Waals surface area contributed by atoms with E-state index >= 15 is 0 Å². The molecule has 0 aliphatic rings. The standard InChI is InChI=1S/C22H30N4O5S/c1-6-30-20(28)16-14-23-26(15-10-8-7-9-11-15)18(16)25-19(27)17(12-13-32-5)24-21(29)31-22(2,3)4/h7-11,14,17H,6,12-13H2,1-5H3,(H,24,29)(H,25,27). The van der Waals surface area contributed by atoms with Crippen LogP contribution in [0.25, 0.3) is 5.69 Å². The summed E-state index contributed by atoms with van der Waals surface area (Å²) in [5.74, 6) is -0.296. The molecule has 0 aliphatic carbocycles. The number of esters is 1. The molecule has 1 unspecified atom stereocenters. The molecule has 1 aromatic carbocycles. The van der Waals surface area contributed by atoms with E-state index in [1.807, 2.05) is 24.5 Å². The van der Waals surface area contributed by atoms with Gasteiger partial charge in [0.1, 0.15) is 17.2 Å². The molecule has 2 rings (SSSR count). The van der Waals surface area contributed by atoms with Gasteiger partial charge in [-0.05, 0) is 58.3 Å². The van der Waals surface area contributed by atoms with Gasteiger partial charge in [-0.15, -0.1) is 0 Å². The van der Waals surface area contributed by atoms with E-state index in [2.05, 4.69) is 15.7 Å². The minimum atomic E-state index is -0.869. The van der Waals surface area contributed by atoms with E-state index in [1.165, 1.54) is 10.9 Å². The Morgan fingerprint density at radius 1 is 1.19 bits per heavy atom. The molecule has 10 heteroatoms. The highest BCUT2D eigenvalue weighted by Crippen LogP contribution is 2.22. The van der Waals surface area contributed by atoms with Crippen LogP contribution in [0.2, 0.25) is 0 Å². The molecule has 0 bridgehead atoms. The third-order valence-electron chi connectivity index (χ3n) is 4.13. The Kier molecular flexibility index (Phi) is 9.13. The Morgan fingerprint density at radius 2 is 1.88 bits per heavy atom. The van der Waals surface area contributed by atoms with Gasteiger partial charge in [-0.3, -0.25) is 4.79 Å². The Morgan fingerprint density at radius 3 is 2.47 bits per heavy atom. The molecule has 1 atom stereocenters. The number of para-hydroxylation sites is 1. The Hall–Kier alpha value is -3.01. The van der Waals surface area contributed by atoms with Gasteiger partial charge >= 0.3 is 12.1 Å². The summed E-state index contributed by atoms with van der Waals surface area (Å²) >= 11 is 1.55. The SMILES string of the molecule is CCOC(=O)c1cnn(-c2ccccc2)c1NC(=O)C(CCSC)NC(=O)OC(C)(C)C. The molecule has 2 N–H and O–H groups in total. The molecule has 0 saturated carbocycles. The molecule has 0 aliphatic heterocycles. The highest BCUT2D eigenvalue weighted by atomic mass is 32.2. The second-order valence-electron chi connectivity index (χ2n) is 7.84. The van der Waals surface area contributed by atoms with Crippen molar-refractivity contribution in [1.82, 2.24) is 15.1 Å². The van der Waals surface area contributed by atoms with Crippen molar-refractivity contribution in [3.8, 4) is 5.69 Å². The van der Waals surface area contributed by atoms with E-state index in [4.69, 9.17) is 9.47 Å². The maximum absolute atomic E-state index is 13.1. The van der Waals surface area contributed by atoms with E-state index in [0.717, 1.165) is 0 Å². The topological polar surface area (TPSA) is 112 Å². The van der Waals surface area contributed by atoms with Gasteiger partial charge in [0.05, 0.1) is 18.5 Å². The number of carbonyl (C=O) groups is 3. The molecule has 0 saturated heterocycles. The number of aromatic nitrogens is 2. The van der Waals surface area contributed by atoms with Crippen LogP contribution in [0, 0.1) is 0 Å². The van der Waals surface area contributed by atoms with Crippen LogP contribution >= 0.6 is 11.8 Å². The number of thioether (sulfide) groups is 1. The van der Waals surface area contributed by atoms with Crippen molar-refractivity contribution in [1.29, 1.82) is 0 Å². The van der Waals surface area contributed by atoms with Crippen molar-refractivity contribution in [3.63, 3.8) is 0 Å². The van der Waals surface area contributed by atoms with Gasteiger partial charge in [0, 0.05) is 0 Å². The maximum Gasteiger partial charge on any atom is 0.408 e. The van der Waals surface area contributed by atoms with E-state index in [-0.39, 0.29) is 18.0 Å². The molecular weight excluding hydrogens is 432 g/mol. The highest BCUT2D eigenvalue weighted by molar-refractivity contribution is 7.98. The lowest BCUT2D eigenvalue weighted by atomic mass is 10.2. The highest BCUT2D eigenvalue weighted by Gasteiger charge is 2.27. The molecule has 32 heavy (non-hydrogen) atoms. The molecule has 9 nitrogen and oxygen atoms in total. The van der Waals surface area contributed by atoms with Gasteiger partial charge in [-0.2, -0.15) is 16.9 Å². The van der Waals surface area contributed by atoms with Gasteiger partial charge < -0.3 is 20.1 Å². The number of amides is 2. The first kappa shape index (κ1) is 25.3. The van der Waals surface area contributed by atoms with Crippen molar-refractivity contribution >= 4 is 35.5 Å². The second-order valence-corrected chi connectivity index (χ2v) is 8.83. The number of hydrogen-bond donors (Lipinski definition) is 2. The Bertz CT molecular complexity index is 924. The predicted octanol–water partition coefficient (Wildman–Crippen LogP) is 3.63. The number of benzene rings is 1. The first-order chi connectivity index (χ1) is 15.2. The monoisotopic (exact) mass is 462 g/mol. The van der Waals surface area contributed by atoms with E-state index < -0.39 is 29.6 Å². The average Bonchev–Trinajstić information content (AvgIpc) is 3.14. The fourth-order valence-electron chi connectivity index (χ4n) is 2.75. The molecule has 0 fully saturated rings. The van der Waals surface area contributed by atoms with E-state index in [0.29, 0.717) is 17.9 Å². The van der Waals surface area contributed by atoms with Crippen LogP contribution in [0.3, 0.4) is 0 Å². The van der Waals surface area contributed by atoms with E-state index in [9.17, 15) is 14.4 Å². The molecule has 2 amide bonds. The lowest BCUT2D eigenvalue weighted by molar-refractivity contribution is -0.118. The summed E-state index contributed by atoms with van der Waals surface area (Å²) in [7, 11) is 0. The maximum atomic E-state index is 13.1. The van der Waals surface area contributed by atoms with Gasteiger partial charge in [0.25, 0.3) is 0 Å². The van der Waals surface area contributed by atoms with Crippen LogP contribution in [0.4, 0.5) is 10.6 Å². The summed E-state index contributed by atoms with van der Waals surface area (Å²) in [6.07, 6.45) is 2.94. The van der Waals surface area contributed by atoms with Crippen molar-refractivity contribution in [2.24, 2.45) is 0 Å². The summed E-state index contributed by atoms with van der Waals surface area (Å²) in [5, 5.41) is 9.64. The first-order valence-electron chi connectivity index (χ1n) is 10.3. The Labute approximate surface area is 192 Å². The van der Waals surface area contributed by atoms with Crippen molar-refractivity contribution in [2.75, 3.05) is 23.9 Å². The zero-order valence-corrected chi connectivity index (χ0v) is 19.8. The number of ether oxygens (including phenoxy) is 2. The van der Waals surface area contributed by atoms with Gasteiger partial charge in [0.2, 0.25) is 5.91 Å². The van der Waals surface area contributed by atoms with Crippen LogP contribution in [-0.2, 0) is 14.3 Å². The van der Waals surface area contributed by atoms with Crippen molar-refractivity contribution in [2.45, 2.75) is 45.8 Å². The lowest BCUT2D eigenvalue weighted by Crippen LogP contribution is -2.46. The smallest absolute Gasteiger partial charge is 0.408 e. The zero-order valence-electron chi connectivity index (χ0n) is 19.0. The summed E-state index contributed by atoms with van der Waals surface area (Å²) in [4.78, 5) is 37.9. The molecule has 2 aromatic rings. The Balaban J connectivity index is 2.33. The summed E-state index contributed by atoms with van der Waals surface area (Å²) < 4.78 is 11.8. The lowest BCUT2D eigenvalue weighted by Gasteiger charge is -2.23. The van der Waals surface area contributed by atoms with Crippen LogP contribution in [0.15, 0.2) is 36.5 Å². The van der Waals surface area contributed by atoms with Gasteiger partial charge in [-0.25, -0.2) is 14.3 Å². The number of anilines is 1. The van der Waals surface area contributed by atoms with E-state index in [1.54, 1.807) is 51.6 Å². The fourth-order valence-corrected chi connectivity index (χ4v) is 3.22. The van der Waals surface area contributed by atoms with Gasteiger partial charge in [-0.1, -0.05) is 18.2 Å². The molecular formula is C22H30N4O5S. The molecule has 0 spiro atoms. The minimum Gasteiger partial charge on any atom is -0.462 e. The average molecular weight is 463 g/mol. The third-order valence-corrected chi connectivity index (χ3v) is 4.77. The normalized spacial score (nSPS) is 12.0. The van der Waals surface area contributed by atoms with Crippen molar-refractivity contribution < 1.29 is 23.9 Å². The second kappa shape index (κ2) is 11.6. The van der Waals surface area contributed by atoms with Gasteiger partial charge in [0.15, 0.2) is 5.82 Å². The van der Waals surface area contributed by atoms with Crippen LogP contribution in [0.1, 0.15) is 44.5 Å². The minimum absolute atomic E-state index is 0.116. The number of hydrogen-bond acceptors (Lipinski definition) is 7. The zero-order chi connectivity index (χ0) is 23.7. The number of carbonyl (C=O) groups excluding carboxylic acids is 3. The van der Waals surface area contributed by atoms with Crippen LogP contribution < -0.4 is 10.6 Å². The third kappa shape index (κ3) is 7.30. The van der Waals surface area contributed by atoms with Crippen LogP contribution in [0.5, 0.6) is 0 Å². The molecule has 1 heterocycles. The molecule has 174 valence electrons. The molecule has 0 radical (unpaired) electrons. The summed E-state index contributed by atoms with van der Waals surface area (Å²) in [6, 6.07) is 8.20. The summed E-state index contributed by atoms with van der Waals surface area (Å²) in [5.41, 5.74) is 0.0669. The number of nitrogens with one attached hydrogen (secondary N) is 2. The molecule has 1 aromatic heterocycles. The number of alkyl carbamates (subject to hydrolysis) is 1. The van der Waals surface area contributed by atoms with Crippen LogP contribution in [-0.4, -0.2) is 58.0 Å².